The second kappa shape index (κ2) is 6.27. The molecule has 6 heteroatoms. The maximum Gasteiger partial charge on any atom is 0.269 e. The number of aryl methyl sites for hydroxylation is 2. The van der Waals surface area contributed by atoms with Crippen LogP contribution in [0.3, 0.4) is 0 Å². The molecule has 2 aromatic rings. The molecule has 0 heterocycles. The lowest BCUT2D eigenvalue weighted by atomic mass is 10.1. The highest BCUT2D eigenvalue weighted by Gasteiger charge is 2.18. The summed E-state index contributed by atoms with van der Waals surface area (Å²) in [5.41, 5.74) is 2.81. The number of nitro benzene ring substituents is 1. The Hall–Kier alpha value is -2.21. The molecule has 0 saturated heterocycles. The van der Waals surface area contributed by atoms with E-state index < -0.39 is 4.92 Å². The first kappa shape index (κ1) is 16.2. The zero-order valence-electron chi connectivity index (χ0n) is 12.5. The Bertz CT molecular complexity index is 759. The molecular formula is C16H15BrN2O3. The van der Waals surface area contributed by atoms with Crippen LogP contribution >= 0.6 is 15.9 Å². The number of hydrogen-bond donors (Lipinski definition) is 0. The molecule has 0 N–H and O–H groups in total. The molecule has 0 spiro atoms. The highest BCUT2D eigenvalue weighted by atomic mass is 79.9. The Balaban J connectivity index is 2.34. The van der Waals surface area contributed by atoms with Gasteiger partial charge in [0.15, 0.2) is 0 Å². The van der Waals surface area contributed by atoms with E-state index in [9.17, 15) is 14.9 Å². The van der Waals surface area contributed by atoms with E-state index in [2.05, 4.69) is 15.9 Å². The van der Waals surface area contributed by atoms with E-state index in [1.54, 1.807) is 14.0 Å². The molecular weight excluding hydrogens is 348 g/mol. The lowest BCUT2D eigenvalue weighted by Gasteiger charge is -2.19. The Morgan fingerprint density at radius 3 is 2.36 bits per heavy atom. The van der Waals surface area contributed by atoms with Crippen LogP contribution in [0.2, 0.25) is 0 Å². The van der Waals surface area contributed by atoms with Crippen LogP contribution in [0.4, 0.5) is 11.4 Å². The van der Waals surface area contributed by atoms with Crippen LogP contribution in [0.5, 0.6) is 0 Å². The number of benzene rings is 2. The van der Waals surface area contributed by atoms with Gasteiger partial charge in [0.25, 0.3) is 11.6 Å². The number of hydrogen-bond acceptors (Lipinski definition) is 3. The molecule has 0 aromatic heterocycles. The van der Waals surface area contributed by atoms with Gasteiger partial charge in [0.1, 0.15) is 0 Å². The quantitative estimate of drug-likeness (QED) is 0.605. The normalized spacial score (nSPS) is 10.4. The van der Waals surface area contributed by atoms with Crippen molar-refractivity contribution >= 4 is 33.2 Å². The predicted molar refractivity (Wildman–Crippen MR) is 89.4 cm³/mol. The van der Waals surface area contributed by atoms with Gasteiger partial charge in [-0.05, 0) is 49.2 Å². The monoisotopic (exact) mass is 362 g/mol. The summed E-state index contributed by atoms with van der Waals surface area (Å²) in [4.78, 5) is 24.4. The van der Waals surface area contributed by atoms with Crippen molar-refractivity contribution < 1.29 is 9.72 Å². The van der Waals surface area contributed by atoms with E-state index in [1.807, 2.05) is 25.1 Å². The number of nitrogens with zero attached hydrogens (tertiary/aromatic N) is 2. The van der Waals surface area contributed by atoms with Gasteiger partial charge in [-0.25, -0.2) is 0 Å². The molecule has 0 unspecified atom stereocenters. The smallest absolute Gasteiger partial charge is 0.269 e. The molecule has 0 radical (unpaired) electrons. The van der Waals surface area contributed by atoms with Crippen LogP contribution in [0.15, 0.2) is 40.9 Å². The lowest BCUT2D eigenvalue weighted by molar-refractivity contribution is -0.384. The first-order valence-electron chi connectivity index (χ1n) is 6.60. The minimum atomic E-state index is -0.469. The largest absolute Gasteiger partial charge is 0.311 e. The molecule has 22 heavy (non-hydrogen) atoms. The van der Waals surface area contributed by atoms with Gasteiger partial charge < -0.3 is 4.90 Å². The van der Waals surface area contributed by atoms with Crippen LogP contribution in [0.25, 0.3) is 0 Å². The summed E-state index contributed by atoms with van der Waals surface area (Å²) < 4.78 is 0.976. The summed E-state index contributed by atoms with van der Waals surface area (Å²) in [6.07, 6.45) is 0. The molecule has 1 amide bonds. The topological polar surface area (TPSA) is 63.5 Å². The number of carbonyl (C=O) groups is 1. The third-order valence-corrected chi connectivity index (χ3v) is 4.37. The van der Waals surface area contributed by atoms with Gasteiger partial charge in [-0.2, -0.15) is 0 Å². The second-order valence-electron chi connectivity index (χ2n) is 5.05. The summed E-state index contributed by atoms with van der Waals surface area (Å²) in [5, 5.41) is 10.8. The third-order valence-electron chi connectivity index (χ3n) is 3.48. The zero-order chi connectivity index (χ0) is 16.4. The van der Waals surface area contributed by atoms with E-state index in [4.69, 9.17) is 0 Å². The summed E-state index contributed by atoms with van der Waals surface area (Å²) in [6, 6.07) is 9.89. The fourth-order valence-electron chi connectivity index (χ4n) is 2.14. The standard InChI is InChI=1S/C16H15BrN2O3/c1-10-8-13(19(21)22)4-6-14(10)16(20)18(3)12-5-7-15(17)11(2)9-12/h4-9H,1-3H3. The molecule has 2 aromatic carbocycles. The Morgan fingerprint density at radius 1 is 1.14 bits per heavy atom. The number of halogens is 1. The van der Waals surface area contributed by atoms with Gasteiger partial charge in [0, 0.05) is 34.9 Å². The third kappa shape index (κ3) is 3.17. The molecule has 0 aliphatic rings. The van der Waals surface area contributed by atoms with Crippen LogP contribution in [-0.2, 0) is 0 Å². The van der Waals surface area contributed by atoms with Crippen molar-refractivity contribution in [3.8, 4) is 0 Å². The van der Waals surface area contributed by atoms with Crippen molar-refractivity contribution in [3.05, 3.63) is 67.7 Å². The Labute approximate surface area is 136 Å². The molecule has 114 valence electrons. The molecule has 5 nitrogen and oxygen atoms in total. The number of carbonyl (C=O) groups excluding carboxylic acids is 1. The van der Waals surface area contributed by atoms with Gasteiger partial charge in [0.2, 0.25) is 0 Å². The summed E-state index contributed by atoms with van der Waals surface area (Å²) in [7, 11) is 1.69. The van der Waals surface area contributed by atoms with Crippen molar-refractivity contribution in [3.63, 3.8) is 0 Å². The minimum Gasteiger partial charge on any atom is -0.311 e. The number of nitro groups is 1. The van der Waals surface area contributed by atoms with Gasteiger partial charge in [0.05, 0.1) is 4.92 Å². The van der Waals surface area contributed by atoms with Gasteiger partial charge in [-0.1, -0.05) is 15.9 Å². The van der Waals surface area contributed by atoms with E-state index in [0.717, 1.165) is 15.7 Å². The van der Waals surface area contributed by atoms with E-state index in [0.29, 0.717) is 11.1 Å². The molecule has 0 aliphatic heterocycles. The molecule has 2 rings (SSSR count). The summed E-state index contributed by atoms with van der Waals surface area (Å²) >= 11 is 3.43. The first-order valence-corrected chi connectivity index (χ1v) is 7.40. The van der Waals surface area contributed by atoms with Crippen molar-refractivity contribution in [2.45, 2.75) is 13.8 Å². The zero-order valence-corrected chi connectivity index (χ0v) is 14.0. The van der Waals surface area contributed by atoms with Crippen molar-refractivity contribution in [2.24, 2.45) is 0 Å². The highest BCUT2D eigenvalue weighted by molar-refractivity contribution is 9.10. The highest BCUT2D eigenvalue weighted by Crippen LogP contribution is 2.25. The predicted octanol–water partition coefficient (Wildman–Crippen LogP) is 4.25. The van der Waals surface area contributed by atoms with Gasteiger partial charge >= 0.3 is 0 Å². The van der Waals surface area contributed by atoms with Crippen molar-refractivity contribution in [2.75, 3.05) is 11.9 Å². The molecule has 0 atom stereocenters. The van der Waals surface area contributed by atoms with E-state index in [1.165, 1.54) is 23.1 Å². The number of non-ortho nitro benzene ring substituents is 1. The Morgan fingerprint density at radius 2 is 1.82 bits per heavy atom. The van der Waals surface area contributed by atoms with Crippen LogP contribution in [-0.4, -0.2) is 17.9 Å². The average molecular weight is 363 g/mol. The maximum absolute atomic E-state index is 12.6. The second-order valence-corrected chi connectivity index (χ2v) is 5.91. The Kier molecular flexibility index (Phi) is 4.61. The molecule has 0 aliphatic carbocycles. The number of rotatable bonds is 3. The maximum atomic E-state index is 12.6. The minimum absolute atomic E-state index is 0.0174. The number of anilines is 1. The van der Waals surface area contributed by atoms with E-state index >= 15 is 0 Å². The first-order chi connectivity index (χ1) is 10.3. The SMILES string of the molecule is Cc1cc(N(C)C(=O)c2ccc([N+](=O)[O-])cc2C)ccc1Br. The van der Waals surface area contributed by atoms with Crippen molar-refractivity contribution in [1.29, 1.82) is 0 Å². The molecule has 0 fully saturated rings. The summed E-state index contributed by atoms with van der Waals surface area (Å²) in [5.74, 6) is -0.200. The van der Waals surface area contributed by atoms with E-state index in [-0.39, 0.29) is 11.6 Å². The van der Waals surface area contributed by atoms with Crippen LogP contribution < -0.4 is 4.90 Å². The van der Waals surface area contributed by atoms with Crippen LogP contribution in [0, 0.1) is 24.0 Å². The molecule has 0 saturated carbocycles. The van der Waals surface area contributed by atoms with Crippen molar-refractivity contribution in [1.82, 2.24) is 0 Å². The van der Waals surface area contributed by atoms with Gasteiger partial charge in [-0.15, -0.1) is 0 Å². The fourth-order valence-corrected chi connectivity index (χ4v) is 2.38. The average Bonchev–Trinajstić information content (AvgIpc) is 2.48. The molecule has 0 bridgehead atoms. The lowest BCUT2D eigenvalue weighted by Crippen LogP contribution is -2.27. The van der Waals surface area contributed by atoms with Crippen LogP contribution in [0.1, 0.15) is 21.5 Å². The van der Waals surface area contributed by atoms with Gasteiger partial charge in [-0.3, -0.25) is 14.9 Å². The summed E-state index contributed by atoms with van der Waals surface area (Å²) in [6.45, 7) is 3.64. The fraction of sp³-hybridized carbons (Fsp3) is 0.188. The number of amides is 1.